The van der Waals surface area contributed by atoms with Crippen LogP contribution in [0, 0.1) is 5.92 Å². The van der Waals surface area contributed by atoms with Crippen LogP contribution in [-0.2, 0) is 5.60 Å². The highest BCUT2D eigenvalue weighted by atomic mass is 79.9. The smallest absolute Gasteiger partial charge is 0.252 e. The van der Waals surface area contributed by atoms with E-state index in [-0.39, 0.29) is 18.4 Å². The maximum atomic E-state index is 12.5. The van der Waals surface area contributed by atoms with Gasteiger partial charge in [-0.2, -0.15) is 0 Å². The van der Waals surface area contributed by atoms with Gasteiger partial charge in [-0.05, 0) is 58.5 Å². The first-order valence-electron chi connectivity index (χ1n) is 7.94. The fourth-order valence-corrected chi connectivity index (χ4v) is 3.31. The quantitative estimate of drug-likeness (QED) is 0.794. The van der Waals surface area contributed by atoms with Crippen LogP contribution in [0.4, 0.5) is 0 Å². The van der Waals surface area contributed by atoms with Crippen LogP contribution >= 0.6 is 15.9 Å². The monoisotopic (exact) mass is 389 g/mol. The summed E-state index contributed by atoms with van der Waals surface area (Å²) in [6, 6.07) is 14.8. The Morgan fingerprint density at radius 2 is 2.00 bits per heavy atom. The second-order valence-electron chi connectivity index (χ2n) is 6.09. The van der Waals surface area contributed by atoms with Crippen molar-refractivity contribution in [2.75, 3.05) is 13.7 Å². The number of methoxy groups -OCH3 is 1. The maximum absolute atomic E-state index is 12.5. The van der Waals surface area contributed by atoms with Crippen molar-refractivity contribution in [2.24, 2.45) is 5.92 Å². The van der Waals surface area contributed by atoms with E-state index in [1.54, 1.807) is 25.3 Å². The molecule has 0 aromatic heterocycles. The largest absolute Gasteiger partial charge is 0.497 e. The Hall–Kier alpha value is -1.85. The summed E-state index contributed by atoms with van der Waals surface area (Å²) in [4.78, 5) is 12.5. The van der Waals surface area contributed by atoms with Crippen LogP contribution in [0.15, 0.2) is 53.0 Å². The second kappa shape index (κ2) is 6.95. The maximum Gasteiger partial charge on any atom is 0.252 e. The van der Waals surface area contributed by atoms with Crippen LogP contribution in [0.25, 0.3) is 0 Å². The molecule has 0 saturated heterocycles. The van der Waals surface area contributed by atoms with E-state index < -0.39 is 5.60 Å². The fourth-order valence-electron chi connectivity index (χ4n) is 2.89. The minimum Gasteiger partial charge on any atom is -0.497 e. The van der Waals surface area contributed by atoms with Gasteiger partial charge in [0.1, 0.15) is 11.4 Å². The van der Waals surface area contributed by atoms with E-state index in [2.05, 4.69) is 21.2 Å². The van der Waals surface area contributed by atoms with Crippen LogP contribution in [0.3, 0.4) is 0 Å². The van der Waals surface area contributed by atoms with Gasteiger partial charge in [-0.15, -0.1) is 0 Å². The van der Waals surface area contributed by atoms with E-state index in [0.29, 0.717) is 15.8 Å². The van der Waals surface area contributed by atoms with E-state index in [1.165, 1.54) is 0 Å². The SMILES string of the molecule is COc1ccc(Br)c(C(=O)NC[C@](O)(c2ccccc2)C2CC2)c1. The number of amides is 1. The van der Waals surface area contributed by atoms with E-state index >= 15 is 0 Å². The lowest BCUT2D eigenvalue weighted by atomic mass is 9.88. The van der Waals surface area contributed by atoms with Gasteiger partial charge >= 0.3 is 0 Å². The highest BCUT2D eigenvalue weighted by molar-refractivity contribution is 9.10. The molecule has 0 bridgehead atoms. The lowest BCUT2D eigenvalue weighted by Gasteiger charge is -2.29. The molecule has 0 unspecified atom stereocenters. The first kappa shape index (κ1) is 17.0. The molecule has 3 rings (SSSR count). The van der Waals surface area contributed by atoms with Gasteiger partial charge in [-0.3, -0.25) is 4.79 Å². The summed E-state index contributed by atoms with van der Waals surface area (Å²) in [5.74, 6) is 0.564. The van der Waals surface area contributed by atoms with E-state index in [9.17, 15) is 9.90 Å². The van der Waals surface area contributed by atoms with E-state index in [1.807, 2.05) is 30.3 Å². The molecule has 2 aromatic carbocycles. The summed E-state index contributed by atoms with van der Waals surface area (Å²) >= 11 is 3.39. The van der Waals surface area contributed by atoms with Crippen molar-refractivity contribution in [2.45, 2.75) is 18.4 Å². The van der Waals surface area contributed by atoms with Crippen LogP contribution in [0.5, 0.6) is 5.75 Å². The number of hydrogen-bond acceptors (Lipinski definition) is 3. The Morgan fingerprint density at radius 3 is 2.62 bits per heavy atom. The highest BCUT2D eigenvalue weighted by Crippen LogP contribution is 2.45. The lowest BCUT2D eigenvalue weighted by molar-refractivity contribution is 0.0135. The third kappa shape index (κ3) is 3.47. The van der Waals surface area contributed by atoms with E-state index in [4.69, 9.17) is 4.74 Å². The van der Waals surface area contributed by atoms with Crippen LogP contribution in [0.1, 0.15) is 28.8 Å². The molecule has 0 spiro atoms. The van der Waals surface area contributed by atoms with Crippen LogP contribution < -0.4 is 10.1 Å². The summed E-state index contributed by atoms with van der Waals surface area (Å²) in [5.41, 5.74) is 0.306. The molecule has 2 aromatic rings. The van der Waals surface area contributed by atoms with Crippen molar-refractivity contribution < 1.29 is 14.6 Å². The third-order valence-corrected chi connectivity index (χ3v) is 5.15. The fraction of sp³-hybridized carbons (Fsp3) is 0.316. The van der Waals surface area contributed by atoms with E-state index in [0.717, 1.165) is 18.4 Å². The standard InChI is InChI=1S/C19H20BrNO3/c1-24-15-9-10-17(20)16(11-15)18(22)21-12-19(23,14-7-8-14)13-5-3-2-4-6-13/h2-6,9-11,14,23H,7-8,12H2,1H3,(H,21,22)/t19-/m0/s1. The molecule has 126 valence electrons. The summed E-state index contributed by atoms with van der Waals surface area (Å²) in [6.45, 7) is 0.185. The predicted octanol–water partition coefficient (Wildman–Crippen LogP) is 3.49. The average Bonchev–Trinajstić information content (AvgIpc) is 3.46. The van der Waals surface area contributed by atoms with Crippen molar-refractivity contribution in [3.8, 4) is 5.75 Å². The van der Waals surface area contributed by atoms with Gasteiger partial charge in [-0.1, -0.05) is 30.3 Å². The zero-order valence-electron chi connectivity index (χ0n) is 13.5. The molecular formula is C19H20BrNO3. The molecule has 0 heterocycles. The zero-order chi connectivity index (χ0) is 17.2. The highest BCUT2D eigenvalue weighted by Gasteiger charge is 2.45. The summed E-state index contributed by atoms with van der Waals surface area (Å²) < 4.78 is 5.86. The molecule has 0 radical (unpaired) electrons. The lowest BCUT2D eigenvalue weighted by Crippen LogP contribution is -2.42. The number of nitrogens with one attached hydrogen (secondary N) is 1. The Bertz CT molecular complexity index is 731. The molecule has 1 fully saturated rings. The van der Waals surface area contributed by atoms with Crippen LogP contribution in [0.2, 0.25) is 0 Å². The number of halogens is 1. The molecule has 24 heavy (non-hydrogen) atoms. The summed E-state index contributed by atoms with van der Waals surface area (Å²) in [7, 11) is 1.56. The number of carbonyl (C=O) groups is 1. The number of carbonyl (C=O) groups excluding carboxylic acids is 1. The second-order valence-corrected chi connectivity index (χ2v) is 6.95. The molecule has 1 saturated carbocycles. The van der Waals surface area contributed by atoms with Crippen molar-refractivity contribution in [3.63, 3.8) is 0 Å². The van der Waals surface area contributed by atoms with Gasteiger partial charge in [0.15, 0.2) is 0 Å². The van der Waals surface area contributed by atoms with Crippen molar-refractivity contribution >= 4 is 21.8 Å². The summed E-state index contributed by atoms with van der Waals surface area (Å²) in [6.07, 6.45) is 1.95. The van der Waals surface area contributed by atoms with Gasteiger partial charge in [0.05, 0.1) is 19.2 Å². The topological polar surface area (TPSA) is 58.6 Å². The predicted molar refractivity (Wildman–Crippen MR) is 96.1 cm³/mol. The van der Waals surface area contributed by atoms with Crippen LogP contribution in [-0.4, -0.2) is 24.7 Å². The van der Waals surface area contributed by atoms with Crippen molar-refractivity contribution in [3.05, 3.63) is 64.1 Å². The Balaban J connectivity index is 1.77. The molecule has 0 aliphatic heterocycles. The van der Waals surface area contributed by atoms with Gasteiger partial charge in [0.25, 0.3) is 5.91 Å². The molecule has 4 nitrogen and oxygen atoms in total. The first-order valence-corrected chi connectivity index (χ1v) is 8.73. The molecular weight excluding hydrogens is 370 g/mol. The molecule has 1 amide bonds. The molecule has 1 aliphatic carbocycles. The third-order valence-electron chi connectivity index (χ3n) is 4.46. The molecule has 1 aliphatic rings. The number of hydrogen-bond donors (Lipinski definition) is 2. The molecule has 2 N–H and O–H groups in total. The van der Waals surface area contributed by atoms with Gasteiger partial charge in [0, 0.05) is 4.47 Å². The summed E-state index contributed by atoms with van der Waals surface area (Å²) in [5, 5.41) is 14.0. The number of aliphatic hydroxyl groups is 1. The minimum atomic E-state index is -1.03. The number of rotatable bonds is 6. The molecule has 1 atom stereocenters. The number of benzene rings is 2. The van der Waals surface area contributed by atoms with Crippen molar-refractivity contribution in [1.82, 2.24) is 5.32 Å². The van der Waals surface area contributed by atoms with Crippen molar-refractivity contribution in [1.29, 1.82) is 0 Å². The number of ether oxygens (including phenoxy) is 1. The van der Waals surface area contributed by atoms with Gasteiger partial charge in [-0.25, -0.2) is 0 Å². The normalized spacial score (nSPS) is 16.3. The molecule has 5 heteroatoms. The zero-order valence-corrected chi connectivity index (χ0v) is 15.0. The Labute approximate surface area is 150 Å². The van der Waals surface area contributed by atoms with Gasteiger partial charge in [0.2, 0.25) is 0 Å². The Morgan fingerprint density at radius 1 is 1.29 bits per heavy atom. The average molecular weight is 390 g/mol. The Kier molecular flexibility index (Phi) is 4.92. The minimum absolute atomic E-state index is 0.185. The van der Waals surface area contributed by atoms with Gasteiger partial charge < -0.3 is 15.2 Å². The first-order chi connectivity index (χ1) is 11.5.